The summed E-state index contributed by atoms with van der Waals surface area (Å²) in [7, 11) is 2.37. The molecule has 1 aromatic rings. The van der Waals surface area contributed by atoms with Crippen LogP contribution in [0.4, 0.5) is 11.6 Å². The second-order valence-corrected chi connectivity index (χ2v) is 2.25. The molecule has 0 bridgehead atoms. The first kappa shape index (κ1) is 10.8. The van der Waals surface area contributed by atoms with E-state index in [1.165, 1.54) is 14.2 Å². The third kappa shape index (κ3) is 1.66. The molecular weight excluding hydrogens is 208 g/mol. The normalized spacial score (nSPS) is 9.47. The first-order chi connectivity index (χ1) is 7.19. The Kier molecular flexibility index (Phi) is 3.06. The SMILES string of the molecule is COc1nc(OC)c(N=O)[n+]([O-])c1N=O. The van der Waals surface area contributed by atoms with Gasteiger partial charge in [0.15, 0.2) is 0 Å². The van der Waals surface area contributed by atoms with Crippen LogP contribution >= 0.6 is 0 Å². The maximum atomic E-state index is 11.3. The van der Waals surface area contributed by atoms with Crippen molar-refractivity contribution in [2.45, 2.75) is 0 Å². The summed E-state index contributed by atoms with van der Waals surface area (Å²) in [5.41, 5.74) is 0. The summed E-state index contributed by atoms with van der Waals surface area (Å²) in [6.07, 6.45) is 0. The Labute approximate surface area is 83.2 Å². The molecule has 0 fully saturated rings. The minimum absolute atomic E-state index is 0.106. The fourth-order valence-corrected chi connectivity index (χ4v) is 0.892. The molecule has 9 nitrogen and oxygen atoms in total. The van der Waals surface area contributed by atoms with Gasteiger partial charge < -0.3 is 14.7 Å². The Morgan fingerprint density at radius 3 is 1.80 bits per heavy atom. The highest BCUT2D eigenvalue weighted by atomic mass is 16.5. The molecule has 0 saturated carbocycles. The van der Waals surface area contributed by atoms with Crippen molar-refractivity contribution < 1.29 is 14.2 Å². The molecule has 80 valence electrons. The predicted molar refractivity (Wildman–Crippen MR) is 47.2 cm³/mol. The lowest BCUT2D eigenvalue weighted by molar-refractivity contribution is -0.579. The number of aromatic nitrogens is 2. The largest absolute Gasteiger partial charge is 0.739 e. The van der Waals surface area contributed by atoms with Crippen LogP contribution in [0.1, 0.15) is 0 Å². The molecule has 0 spiro atoms. The highest BCUT2D eigenvalue weighted by Crippen LogP contribution is 2.29. The minimum Gasteiger partial charge on any atom is -0.739 e. The van der Waals surface area contributed by atoms with Crippen LogP contribution in [-0.2, 0) is 0 Å². The molecule has 1 rings (SSSR count). The van der Waals surface area contributed by atoms with Gasteiger partial charge in [0.1, 0.15) is 10.4 Å². The van der Waals surface area contributed by atoms with E-state index in [1.807, 2.05) is 0 Å². The summed E-state index contributed by atoms with van der Waals surface area (Å²) >= 11 is 0. The third-order valence-corrected chi connectivity index (χ3v) is 1.53. The summed E-state index contributed by atoms with van der Waals surface area (Å²) in [5.74, 6) is -2.06. The number of nitroso groups, excluding NO2 is 2. The standard InChI is InChI=1S/C6H6N4O5/c1-14-5-3(8-11)10(13)4(9-12)6(7-5)15-2/h1-2H3. The second kappa shape index (κ2) is 4.26. The summed E-state index contributed by atoms with van der Waals surface area (Å²) < 4.78 is 9.11. The van der Waals surface area contributed by atoms with Gasteiger partial charge in [0.25, 0.3) is 11.8 Å². The number of ether oxygens (including phenoxy) is 2. The number of nitrogens with zero attached hydrogens (tertiary/aromatic N) is 4. The maximum absolute atomic E-state index is 11.3. The zero-order valence-corrected chi connectivity index (χ0v) is 7.83. The molecule has 0 aromatic carbocycles. The molecule has 0 unspecified atom stereocenters. The molecule has 0 aliphatic rings. The molecular formula is C6H6N4O5. The molecule has 15 heavy (non-hydrogen) atoms. The molecule has 0 aliphatic heterocycles. The van der Waals surface area contributed by atoms with E-state index in [9.17, 15) is 15.0 Å². The molecule has 0 radical (unpaired) electrons. The lowest BCUT2D eigenvalue weighted by Gasteiger charge is -2.09. The van der Waals surface area contributed by atoms with Crippen molar-refractivity contribution in [3.8, 4) is 11.8 Å². The Balaban J connectivity index is 3.55. The monoisotopic (exact) mass is 214 g/mol. The van der Waals surface area contributed by atoms with Crippen LogP contribution in [0.5, 0.6) is 11.8 Å². The lowest BCUT2D eigenvalue weighted by atomic mass is 10.5. The Morgan fingerprint density at radius 1 is 1.13 bits per heavy atom. The summed E-state index contributed by atoms with van der Waals surface area (Å²) in [6.45, 7) is 0. The van der Waals surface area contributed by atoms with Crippen LogP contribution < -0.4 is 14.2 Å². The van der Waals surface area contributed by atoms with E-state index >= 15 is 0 Å². The van der Waals surface area contributed by atoms with Gasteiger partial charge >= 0.3 is 11.6 Å². The average Bonchev–Trinajstić information content (AvgIpc) is 2.27. The van der Waals surface area contributed by atoms with E-state index < -0.39 is 11.6 Å². The van der Waals surface area contributed by atoms with Crippen LogP contribution in [-0.4, -0.2) is 19.2 Å². The van der Waals surface area contributed by atoms with Gasteiger partial charge in [0.2, 0.25) is 0 Å². The van der Waals surface area contributed by atoms with Crippen LogP contribution in [0.3, 0.4) is 0 Å². The van der Waals surface area contributed by atoms with E-state index in [4.69, 9.17) is 0 Å². The van der Waals surface area contributed by atoms with Gasteiger partial charge in [0, 0.05) is 0 Å². The topological polar surface area (TPSA) is 117 Å². The highest BCUT2D eigenvalue weighted by molar-refractivity contribution is 5.44. The summed E-state index contributed by atoms with van der Waals surface area (Å²) in [5, 5.41) is 16.1. The molecule has 0 saturated heterocycles. The zero-order valence-electron chi connectivity index (χ0n) is 7.83. The van der Waals surface area contributed by atoms with Gasteiger partial charge in [-0.2, -0.15) is 4.98 Å². The Morgan fingerprint density at radius 2 is 1.53 bits per heavy atom. The van der Waals surface area contributed by atoms with Gasteiger partial charge in [-0.05, 0) is 0 Å². The summed E-state index contributed by atoms with van der Waals surface area (Å²) in [4.78, 5) is 24.2. The van der Waals surface area contributed by atoms with Crippen molar-refractivity contribution in [3.63, 3.8) is 0 Å². The maximum Gasteiger partial charge on any atom is 0.374 e. The van der Waals surface area contributed by atoms with Crippen molar-refractivity contribution in [2.24, 2.45) is 10.4 Å². The Bertz CT molecular complexity index is 373. The molecule has 0 N–H and O–H groups in total. The van der Waals surface area contributed by atoms with Gasteiger partial charge in [-0.25, -0.2) is 4.73 Å². The van der Waals surface area contributed by atoms with Gasteiger partial charge in [-0.15, -0.1) is 0 Å². The minimum atomic E-state index is -0.687. The van der Waals surface area contributed by atoms with Gasteiger partial charge in [-0.3, -0.25) is 0 Å². The fraction of sp³-hybridized carbons (Fsp3) is 0.333. The van der Waals surface area contributed by atoms with E-state index in [0.29, 0.717) is 0 Å². The van der Waals surface area contributed by atoms with Crippen molar-refractivity contribution in [1.82, 2.24) is 4.98 Å². The molecule has 0 atom stereocenters. The van der Waals surface area contributed by atoms with Crippen molar-refractivity contribution in [1.29, 1.82) is 0 Å². The average molecular weight is 214 g/mol. The van der Waals surface area contributed by atoms with Crippen LogP contribution in [0, 0.1) is 15.0 Å². The van der Waals surface area contributed by atoms with Crippen LogP contribution in [0.2, 0.25) is 0 Å². The predicted octanol–water partition coefficient (Wildman–Crippen LogP) is 0.528. The smallest absolute Gasteiger partial charge is 0.374 e. The van der Waals surface area contributed by atoms with Crippen molar-refractivity contribution >= 4 is 11.6 Å². The molecule has 1 aromatic heterocycles. The zero-order chi connectivity index (χ0) is 11.4. The van der Waals surface area contributed by atoms with Crippen LogP contribution in [0.15, 0.2) is 10.4 Å². The highest BCUT2D eigenvalue weighted by Gasteiger charge is 2.25. The van der Waals surface area contributed by atoms with E-state index in [2.05, 4.69) is 24.8 Å². The number of methoxy groups -OCH3 is 2. The summed E-state index contributed by atoms with van der Waals surface area (Å²) in [6, 6.07) is 0. The van der Waals surface area contributed by atoms with Crippen molar-refractivity contribution in [2.75, 3.05) is 14.2 Å². The van der Waals surface area contributed by atoms with Gasteiger partial charge in [0.05, 0.1) is 14.2 Å². The van der Waals surface area contributed by atoms with Crippen LogP contribution in [0.25, 0.3) is 0 Å². The quantitative estimate of drug-likeness (QED) is 0.409. The first-order valence-electron chi connectivity index (χ1n) is 3.61. The number of hydrogen-bond acceptors (Lipinski definition) is 8. The first-order valence-corrected chi connectivity index (χ1v) is 3.61. The molecule has 0 amide bonds. The number of rotatable bonds is 4. The van der Waals surface area contributed by atoms with E-state index in [1.54, 1.807) is 0 Å². The third-order valence-electron chi connectivity index (χ3n) is 1.53. The lowest BCUT2D eigenvalue weighted by Crippen LogP contribution is -2.28. The number of hydrogen-bond donors (Lipinski definition) is 0. The van der Waals surface area contributed by atoms with Gasteiger partial charge in [-0.1, -0.05) is 9.81 Å². The van der Waals surface area contributed by atoms with E-state index in [0.717, 1.165) is 0 Å². The molecule has 1 heterocycles. The molecule has 0 aliphatic carbocycles. The fourth-order valence-electron chi connectivity index (χ4n) is 0.892. The van der Waals surface area contributed by atoms with Crippen molar-refractivity contribution in [3.05, 3.63) is 15.0 Å². The molecule has 9 heteroatoms. The van der Waals surface area contributed by atoms with E-state index in [-0.39, 0.29) is 16.5 Å². The second-order valence-electron chi connectivity index (χ2n) is 2.25. The Hall–Kier alpha value is -2.32.